The molecule has 5 heteroatoms. The first-order valence-corrected chi connectivity index (χ1v) is 7.32. The molecular weight excluding hydrogens is 269 g/mol. The number of piperazine rings is 1. The van der Waals surface area contributed by atoms with Gasteiger partial charge in [-0.1, -0.05) is 6.07 Å². The van der Waals surface area contributed by atoms with Gasteiger partial charge in [0.05, 0.1) is 17.7 Å². The van der Waals surface area contributed by atoms with Crippen LogP contribution in [-0.4, -0.2) is 53.2 Å². The second-order valence-corrected chi connectivity index (χ2v) is 5.84. The SMILES string of the molecule is C[C@@H]1CN(Cc2ccc(F)cc2C#N)CCN1C[C@@H](C)O. The van der Waals surface area contributed by atoms with Crippen molar-refractivity contribution in [1.29, 1.82) is 5.26 Å². The van der Waals surface area contributed by atoms with Crippen LogP contribution in [0.25, 0.3) is 0 Å². The van der Waals surface area contributed by atoms with Crippen LogP contribution in [0.4, 0.5) is 4.39 Å². The lowest BCUT2D eigenvalue weighted by molar-refractivity contribution is 0.0422. The summed E-state index contributed by atoms with van der Waals surface area (Å²) in [4.78, 5) is 4.55. The number of aliphatic hydroxyl groups excluding tert-OH is 1. The predicted molar refractivity (Wildman–Crippen MR) is 79.1 cm³/mol. The quantitative estimate of drug-likeness (QED) is 0.915. The maximum atomic E-state index is 13.2. The Kier molecular flexibility index (Phi) is 5.29. The molecule has 1 aromatic rings. The van der Waals surface area contributed by atoms with Gasteiger partial charge in [-0.2, -0.15) is 5.26 Å². The molecule has 2 atom stereocenters. The second kappa shape index (κ2) is 6.99. The van der Waals surface area contributed by atoms with Crippen LogP contribution >= 0.6 is 0 Å². The Bertz CT molecular complexity index is 527. The van der Waals surface area contributed by atoms with E-state index in [1.54, 1.807) is 13.0 Å². The Morgan fingerprint density at radius 1 is 1.48 bits per heavy atom. The third-order valence-electron chi connectivity index (χ3n) is 3.93. The monoisotopic (exact) mass is 291 g/mol. The maximum absolute atomic E-state index is 13.2. The fraction of sp³-hybridized carbons (Fsp3) is 0.562. The fourth-order valence-corrected chi connectivity index (χ4v) is 2.86. The average molecular weight is 291 g/mol. The Morgan fingerprint density at radius 3 is 2.86 bits per heavy atom. The molecule has 0 radical (unpaired) electrons. The number of β-amino-alcohol motifs (C(OH)–C–C–N with tert-alkyl or cyclic N) is 1. The molecule has 4 nitrogen and oxygen atoms in total. The summed E-state index contributed by atoms with van der Waals surface area (Å²) in [7, 11) is 0. The molecule has 1 fully saturated rings. The summed E-state index contributed by atoms with van der Waals surface area (Å²) in [6.07, 6.45) is -0.318. The van der Waals surface area contributed by atoms with E-state index in [-0.39, 0.29) is 11.9 Å². The molecule has 21 heavy (non-hydrogen) atoms. The number of benzene rings is 1. The van der Waals surface area contributed by atoms with E-state index < -0.39 is 0 Å². The van der Waals surface area contributed by atoms with Crippen LogP contribution in [0, 0.1) is 17.1 Å². The van der Waals surface area contributed by atoms with Crippen molar-refractivity contribution in [2.45, 2.75) is 32.5 Å². The lowest BCUT2D eigenvalue weighted by Crippen LogP contribution is -2.53. The van der Waals surface area contributed by atoms with E-state index >= 15 is 0 Å². The molecule has 1 aromatic carbocycles. The van der Waals surface area contributed by atoms with Crippen molar-refractivity contribution >= 4 is 0 Å². The molecule has 1 aliphatic rings. The number of hydrogen-bond acceptors (Lipinski definition) is 4. The van der Waals surface area contributed by atoms with Crippen LogP contribution in [0.5, 0.6) is 0 Å². The topological polar surface area (TPSA) is 50.5 Å². The Morgan fingerprint density at radius 2 is 2.24 bits per heavy atom. The summed E-state index contributed by atoms with van der Waals surface area (Å²) in [6.45, 7) is 7.97. The van der Waals surface area contributed by atoms with E-state index in [0.29, 0.717) is 24.7 Å². The van der Waals surface area contributed by atoms with Gasteiger partial charge in [0.1, 0.15) is 5.82 Å². The molecule has 0 amide bonds. The van der Waals surface area contributed by atoms with Crippen molar-refractivity contribution in [3.05, 3.63) is 35.1 Å². The zero-order valence-electron chi connectivity index (χ0n) is 12.6. The van der Waals surface area contributed by atoms with Crippen LogP contribution in [0.1, 0.15) is 25.0 Å². The number of nitriles is 1. The average Bonchev–Trinajstić information content (AvgIpc) is 2.43. The lowest BCUT2D eigenvalue weighted by atomic mass is 10.1. The number of hydrogen-bond donors (Lipinski definition) is 1. The highest BCUT2D eigenvalue weighted by atomic mass is 19.1. The van der Waals surface area contributed by atoms with Crippen LogP contribution in [-0.2, 0) is 6.54 Å². The molecular formula is C16H22FN3O. The minimum Gasteiger partial charge on any atom is -0.392 e. The second-order valence-electron chi connectivity index (χ2n) is 5.84. The molecule has 1 saturated heterocycles. The minimum absolute atomic E-state index is 0.318. The first kappa shape index (κ1) is 15.9. The van der Waals surface area contributed by atoms with Crippen molar-refractivity contribution in [2.75, 3.05) is 26.2 Å². The number of aliphatic hydroxyl groups is 1. The highest BCUT2D eigenvalue weighted by molar-refractivity contribution is 5.37. The third kappa shape index (κ3) is 4.24. The summed E-state index contributed by atoms with van der Waals surface area (Å²) in [5.41, 5.74) is 1.28. The molecule has 0 unspecified atom stereocenters. The van der Waals surface area contributed by atoms with E-state index in [0.717, 1.165) is 25.2 Å². The van der Waals surface area contributed by atoms with Gasteiger partial charge < -0.3 is 5.11 Å². The van der Waals surface area contributed by atoms with E-state index in [2.05, 4.69) is 22.8 Å². The summed E-state index contributed by atoms with van der Waals surface area (Å²) in [5.74, 6) is -0.370. The van der Waals surface area contributed by atoms with Gasteiger partial charge in [-0.05, 0) is 31.5 Å². The maximum Gasteiger partial charge on any atom is 0.124 e. The van der Waals surface area contributed by atoms with Crippen LogP contribution < -0.4 is 0 Å². The summed E-state index contributed by atoms with van der Waals surface area (Å²) in [5, 5.41) is 18.6. The normalized spacial score (nSPS) is 22.0. The van der Waals surface area contributed by atoms with E-state index in [1.165, 1.54) is 12.1 Å². The van der Waals surface area contributed by atoms with Gasteiger partial charge in [-0.15, -0.1) is 0 Å². The smallest absolute Gasteiger partial charge is 0.124 e. The van der Waals surface area contributed by atoms with Crippen molar-refractivity contribution in [1.82, 2.24) is 9.80 Å². The molecule has 0 bridgehead atoms. The van der Waals surface area contributed by atoms with Crippen LogP contribution in [0.15, 0.2) is 18.2 Å². The number of rotatable bonds is 4. The van der Waals surface area contributed by atoms with E-state index in [9.17, 15) is 9.50 Å². The molecule has 0 aromatic heterocycles. The minimum atomic E-state index is -0.370. The van der Waals surface area contributed by atoms with Gasteiger partial charge >= 0.3 is 0 Å². The molecule has 0 spiro atoms. The van der Waals surface area contributed by atoms with Gasteiger partial charge in [-0.25, -0.2) is 4.39 Å². The molecule has 1 aliphatic heterocycles. The molecule has 114 valence electrons. The van der Waals surface area contributed by atoms with Crippen molar-refractivity contribution in [3.63, 3.8) is 0 Å². The van der Waals surface area contributed by atoms with Crippen molar-refractivity contribution in [3.8, 4) is 6.07 Å². The van der Waals surface area contributed by atoms with Crippen molar-refractivity contribution < 1.29 is 9.50 Å². The van der Waals surface area contributed by atoms with Gasteiger partial charge in [0, 0.05) is 38.8 Å². The Hall–Kier alpha value is -1.48. The summed E-state index contributed by atoms with van der Waals surface area (Å²) < 4.78 is 13.2. The van der Waals surface area contributed by atoms with Crippen LogP contribution in [0.3, 0.4) is 0 Å². The number of halogens is 1. The first-order chi connectivity index (χ1) is 9.99. The largest absolute Gasteiger partial charge is 0.392 e. The lowest BCUT2D eigenvalue weighted by Gasteiger charge is -2.40. The zero-order chi connectivity index (χ0) is 15.4. The molecule has 1 N–H and O–H groups in total. The van der Waals surface area contributed by atoms with Crippen molar-refractivity contribution in [2.24, 2.45) is 0 Å². The molecule has 1 heterocycles. The van der Waals surface area contributed by atoms with Crippen LogP contribution in [0.2, 0.25) is 0 Å². The van der Waals surface area contributed by atoms with E-state index in [4.69, 9.17) is 5.26 Å². The first-order valence-electron chi connectivity index (χ1n) is 7.32. The zero-order valence-corrected chi connectivity index (χ0v) is 12.6. The highest BCUT2D eigenvalue weighted by Crippen LogP contribution is 2.17. The number of nitrogens with zero attached hydrogens (tertiary/aromatic N) is 3. The standard InChI is InChI=1S/C16H22FN3O/c1-12-9-19(5-6-20(12)10-13(2)21)11-14-3-4-16(17)7-15(14)8-18/h3-4,7,12-13,21H,5-6,9-11H2,1-2H3/t12-,13-/m1/s1. The summed E-state index contributed by atoms with van der Waals surface area (Å²) in [6, 6.07) is 6.82. The summed E-state index contributed by atoms with van der Waals surface area (Å²) >= 11 is 0. The van der Waals surface area contributed by atoms with Gasteiger partial charge in [-0.3, -0.25) is 9.80 Å². The van der Waals surface area contributed by atoms with Gasteiger partial charge in [0.2, 0.25) is 0 Å². The highest BCUT2D eigenvalue weighted by Gasteiger charge is 2.24. The van der Waals surface area contributed by atoms with Gasteiger partial charge in [0.25, 0.3) is 0 Å². The predicted octanol–water partition coefficient (Wildman–Crippen LogP) is 1.58. The molecule has 0 saturated carbocycles. The third-order valence-corrected chi connectivity index (χ3v) is 3.93. The Labute approximate surface area is 125 Å². The van der Waals surface area contributed by atoms with E-state index in [1.807, 2.05) is 0 Å². The Balaban J connectivity index is 1.98. The molecule has 2 rings (SSSR count). The fourth-order valence-electron chi connectivity index (χ4n) is 2.86. The van der Waals surface area contributed by atoms with Gasteiger partial charge in [0.15, 0.2) is 0 Å². The molecule has 0 aliphatic carbocycles.